The van der Waals surface area contributed by atoms with Crippen molar-refractivity contribution in [2.75, 3.05) is 33.6 Å². The Morgan fingerprint density at radius 1 is 1.16 bits per heavy atom. The van der Waals surface area contributed by atoms with E-state index in [-0.39, 0.29) is 11.8 Å². The van der Waals surface area contributed by atoms with Gasteiger partial charge in [0.15, 0.2) is 5.96 Å². The Morgan fingerprint density at radius 2 is 1.97 bits per heavy atom. The van der Waals surface area contributed by atoms with Gasteiger partial charge < -0.3 is 25.0 Å². The van der Waals surface area contributed by atoms with Gasteiger partial charge in [0.2, 0.25) is 5.91 Å². The van der Waals surface area contributed by atoms with Crippen LogP contribution in [0.4, 0.5) is 5.69 Å². The van der Waals surface area contributed by atoms with Gasteiger partial charge in [-0.2, -0.15) is 0 Å². The molecule has 2 aromatic rings. The average Bonchev–Trinajstić information content (AvgIpc) is 2.73. The molecule has 0 aromatic heterocycles. The van der Waals surface area contributed by atoms with E-state index in [2.05, 4.69) is 15.6 Å². The highest BCUT2D eigenvalue weighted by Gasteiger charge is 2.25. The zero-order valence-corrected chi connectivity index (χ0v) is 18.8. The molecule has 3 rings (SSSR count). The Morgan fingerprint density at radius 3 is 2.61 bits per heavy atom. The quantitative estimate of drug-likeness (QED) is 0.500. The van der Waals surface area contributed by atoms with E-state index in [0.29, 0.717) is 13.1 Å². The maximum Gasteiger partial charge on any atom is 0.227 e. The fraction of sp³-hybridized carbons (Fsp3) is 0.417. The molecule has 7 heteroatoms. The van der Waals surface area contributed by atoms with E-state index in [1.807, 2.05) is 54.4 Å². The molecule has 0 saturated heterocycles. The first-order valence-electron chi connectivity index (χ1n) is 10.6. The van der Waals surface area contributed by atoms with Crippen LogP contribution in [-0.4, -0.2) is 45.1 Å². The maximum absolute atomic E-state index is 12.2. The number of amides is 1. The Balaban J connectivity index is 1.58. The monoisotopic (exact) mass is 424 g/mol. The summed E-state index contributed by atoms with van der Waals surface area (Å²) in [5.74, 6) is 2.60. The fourth-order valence-electron chi connectivity index (χ4n) is 3.55. The van der Waals surface area contributed by atoms with Crippen molar-refractivity contribution >= 4 is 17.6 Å². The second-order valence-electron chi connectivity index (χ2n) is 7.75. The Bertz CT molecular complexity index is 925. The van der Waals surface area contributed by atoms with Crippen molar-refractivity contribution in [3.05, 3.63) is 53.6 Å². The van der Waals surface area contributed by atoms with Crippen molar-refractivity contribution in [1.82, 2.24) is 10.2 Å². The van der Waals surface area contributed by atoms with Gasteiger partial charge in [-0.15, -0.1) is 0 Å². The van der Waals surface area contributed by atoms with E-state index in [1.165, 1.54) is 0 Å². The van der Waals surface area contributed by atoms with Crippen LogP contribution in [0.5, 0.6) is 11.5 Å². The van der Waals surface area contributed by atoms with Crippen molar-refractivity contribution in [3.63, 3.8) is 0 Å². The number of benzene rings is 2. The predicted molar refractivity (Wildman–Crippen MR) is 124 cm³/mol. The first kappa shape index (κ1) is 22.5. The van der Waals surface area contributed by atoms with E-state index < -0.39 is 0 Å². The van der Waals surface area contributed by atoms with Crippen molar-refractivity contribution in [1.29, 1.82) is 0 Å². The van der Waals surface area contributed by atoms with Crippen molar-refractivity contribution in [2.24, 2.45) is 10.9 Å². The number of nitrogens with one attached hydrogen (secondary N) is 2. The third kappa shape index (κ3) is 5.90. The zero-order chi connectivity index (χ0) is 22.2. The number of aliphatic imine (C=N–C) groups is 1. The average molecular weight is 425 g/mol. The molecule has 0 atom stereocenters. The van der Waals surface area contributed by atoms with Crippen LogP contribution in [0.15, 0.2) is 47.5 Å². The Labute approximate surface area is 184 Å². The topological polar surface area (TPSA) is 75.2 Å². The minimum absolute atomic E-state index is 0.125. The van der Waals surface area contributed by atoms with Crippen LogP contribution >= 0.6 is 0 Å². The lowest BCUT2D eigenvalue weighted by molar-refractivity contribution is -0.122. The van der Waals surface area contributed by atoms with Crippen LogP contribution in [-0.2, 0) is 17.9 Å². The molecule has 1 fully saturated rings. The number of hydrogen-bond donors (Lipinski definition) is 2. The van der Waals surface area contributed by atoms with Crippen molar-refractivity contribution in [2.45, 2.75) is 32.4 Å². The van der Waals surface area contributed by atoms with Crippen LogP contribution in [0.2, 0.25) is 0 Å². The van der Waals surface area contributed by atoms with Crippen LogP contribution in [0.25, 0.3) is 0 Å². The molecule has 1 saturated carbocycles. The molecular formula is C24H32N4O3. The summed E-state index contributed by atoms with van der Waals surface area (Å²) >= 11 is 0. The lowest BCUT2D eigenvalue weighted by Gasteiger charge is -2.24. The highest BCUT2D eigenvalue weighted by Crippen LogP contribution is 2.28. The number of nitrogens with zero attached hydrogens (tertiary/aromatic N) is 2. The summed E-state index contributed by atoms with van der Waals surface area (Å²) in [4.78, 5) is 18.6. The Kier molecular flexibility index (Phi) is 7.76. The number of anilines is 1. The van der Waals surface area contributed by atoms with Crippen LogP contribution < -0.4 is 20.1 Å². The number of hydrogen-bond acceptors (Lipinski definition) is 4. The van der Waals surface area contributed by atoms with E-state index in [1.54, 1.807) is 21.3 Å². The highest BCUT2D eigenvalue weighted by molar-refractivity contribution is 5.93. The zero-order valence-electron chi connectivity index (χ0n) is 18.8. The van der Waals surface area contributed by atoms with Gasteiger partial charge in [0.05, 0.1) is 14.2 Å². The third-order valence-corrected chi connectivity index (χ3v) is 5.60. The SMILES string of the molecule is CN=C(NCc1cccc(NC(=O)C2CCC2)c1)N(C)Cc1ccc(OC)cc1OC. The number of guanidine groups is 1. The first-order valence-corrected chi connectivity index (χ1v) is 10.6. The number of methoxy groups -OCH3 is 2. The lowest BCUT2D eigenvalue weighted by Crippen LogP contribution is -2.38. The molecule has 2 N–H and O–H groups in total. The normalized spacial score (nSPS) is 13.9. The van der Waals surface area contributed by atoms with E-state index >= 15 is 0 Å². The van der Waals surface area contributed by atoms with Gasteiger partial charge in [0, 0.05) is 50.4 Å². The fourth-order valence-corrected chi connectivity index (χ4v) is 3.55. The summed E-state index contributed by atoms with van der Waals surface area (Å²) in [7, 11) is 7.04. The third-order valence-electron chi connectivity index (χ3n) is 5.60. The molecule has 1 aliphatic carbocycles. The summed E-state index contributed by atoms with van der Waals surface area (Å²) < 4.78 is 10.8. The van der Waals surface area contributed by atoms with Crippen molar-refractivity contribution in [3.8, 4) is 11.5 Å². The van der Waals surface area contributed by atoms with E-state index in [4.69, 9.17) is 9.47 Å². The van der Waals surface area contributed by atoms with Gasteiger partial charge in [-0.1, -0.05) is 18.6 Å². The molecule has 0 heterocycles. The molecule has 1 amide bonds. The molecule has 2 aromatic carbocycles. The molecular weight excluding hydrogens is 392 g/mol. The summed E-state index contributed by atoms with van der Waals surface area (Å²) in [6.45, 7) is 1.23. The minimum atomic E-state index is 0.125. The lowest BCUT2D eigenvalue weighted by atomic mass is 9.85. The molecule has 1 aliphatic rings. The summed E-state index contributed by atoms with van der Waals surface area (Å²) in [6.07, 6.45) is 3.14. The smallest absolute Gasteiger partial charge is 0.227 e. The number of carbonyl (C=O) groups is 1. The number of rotatable bonds is 8. The Hall–Kier alpha value is -3.22. The van der Waals surface area contributed by atoms with Crippen LogP contribution in [0, 0.1) is 5.92 Å². The van der Waals surface area contributed by atoms with E-state index in [0.717, 1.165) is 53.5 Å². The summed E-state index contributed by atoms with van der Waals surface area (Å²) in [5, 5.41) is 6.42. The standard InChI is InChI=1S/C24H32N4O3/c1-25-24(28(2)16-19-11-12-21(30-3)14-22(19)31-4)26-15-17-7-5-10-20(13-17)27-23(29)18-8-6-9-18/h5,7,10-14,18H,6,8-9,15-16H2,1-4H3,(H,25,26)(H,27,29). The van der Waals surface area contributed by atoms with E-state index in [9.17, 15) is 4.79 Å². The molecule has 0 spiro atoms. The van der Waals surface area contributed by atoms with Gasteiger partial charge >= 0.3 is 0 Å². The summed E-state index contributed by atoms with van der Waals surface area (Å²) in [6, 6.07) is 13.7. The second kappa shape index (κ2) is 10.7. The molecule has 7 nitrogen and oxygen atoms in total. The summed E-state index contributed by atoms with van der Waals surface area (Å²) in [5.41, 5.74) is 2.94. The molecule has 0 radical (unpaired) electrons. The van der Waals surface area contributed by atoms with Crippen LogP contribution in [0.1, 0.15) is 30.4 Å². The molecule has 31 heavy (non-hydrogen) atoms. The highest BCUT2D eigenvalue weighted by atomic mass is 16.5. The second-order valence-corrected chi connectivity index (χ2v) is 7.75. The van der Waals surface area contributed by atoms with Gasteiger partial charge in [-0.25, -0.2) is 0 Å². The largest absolute Gasteiger partial charge is 0.497 e. The van der Waals surface area contributed by atoms with Gasteiger partial charge in [-0.3, -0.25) is 9.79 Å². The maximum atomic E-state index is 12.2. The molecule has 0 bridgehead atoms. The number of ether oxygens (including phenoxy) is 2. The molecule has 166 valence electrons. The van der Waals surface area contributed by atoms with Gasteiger partial charge in [-0.05, 0) is 42.7 Å². The first-order chi connectivity index (χ1) is 15.0. The number of carbonyl (C=O) groups excluding carboxylic acids is 1. The van der Waals surface area contributed by atoms with Gasteiger partial charge in [0.25, 0.3) is 0 Å². The molecule has 0 unspecified atom stereocenters. The van der Waals surface area contributed by atoms with Gasteiger partial charge in [0.1, 0.15) is 11.5 Å². The van der Waals surface area contributed by atoms with Crippen molar-refractivity contribution < 1.29 is 14.3 Å². The molecule has 0 aliphatic heterocycles. The van der Waals surface area contributed by atoms with Crippen LogP contribution in [0.3, 0.4) is 0 Å². The minimum Gasteiger partial charge on any atom is -0.497 e. The predicted octanol–water partition coefficient (Wildman–Crippen LogP) is 3.65.